The first-order valence-corrected chi connectivity index (χ1v) is 4.98. The van der Waals surface area contributed by atoms with Crippen LogP contribution in [0.25, 0.3) is 0 Å². The standard InChI is InChI=1S/C10H7F3N6/c11-10(12,13)5-3-1-2-4-6(5)16-17-7-8(14)18-19-9(7)15/h1-4,14H,15H2. The molecule has 0 radical (unpaired) electrons. The second-order valence-electron chi connectivity index (χ2n) is 3.50. The van der Waals surface area contributed by atoms with Gasteiger partial charge in [-0.15, -0.1) is 20.5 Å². The number of benzene rings is 1. The van der Waals surface area contributed by atoms with Crippen LogP contribution in [-0.4, -0.2) is 5.84 Å². The van der Waals surface area contributed by atoms with Crippen molar-refractivity contribution in [3.8, 4) is 0 Å². The van der Waals surface area contributed by atoms with E-state index in [0.29, 0.717) is 0 Å². The summed E-state index contributed by atoms with van der Waals surface area (Å²) in [7, 11) is 0. The molecule has 1 heterocycles. The molecule has 2 rings (SSSR count). The molecule has 1 aliphatic heterocycles. The van der Waals surface area contributed by atoms with Gasteiger partial charge in [-0.1, -0.05) is 12.1 Å². The first kappa shape index (κ1) is 12.9. The van der Waals surface area contributed by atoms with Gasteiger partial charge in [0.15, 0.2) is 17.4 Å². The fourth-order valence-corrected chi connectivity index (χ4v) is 1.32. The lowest BCUT2D eigenvalue weighted by atomic mass is 10.2. The van der Waals surface area contributed by atoms with E-state index in [-0.39, 0.29) is 23.0 Å². The molecule has 3 N–H and O–H groups in total. The summed E-state index contributed by atoms with van der Waals surface area (Å²) in [4.78, 5) is 0. The fourth-order valence-electron chi connectivity index (χ4n) is 1.32. The molecule has 0 bridgehead atoms. The van der Waals surface area contributed by atoms with E-state index in [0.717, 1.165) is 12.1 Å². The highest BCUT2D eigenvalue weighted by Crippen LogP contribution is 2.36. The van der Waals surface area contributed by atoms with Crippen molar-refractivity contribution in [2.24, 2.45) is 26.2 Å². The van der Waals surface area contributed by atoms with Gasteiger partial charge in [0.2, 0.25) is 0 Å². The molecular weight excluding hydrogens is 261 g/mol. The number of halogens is 3. The Bertz CT molecular complexity index is 614. The van der Waals surface area contributed by atoms with E-state index in [4.69, 9.17) is 11.1 Å². The van der Waals surface area contributed by atoms with Crippen molar-refractivity contribution >= 4 is 11.5 Å². The minimum absolute atomic E-state index is 0.154. The summed E-state index contributed by atoms with van der Waals surface area (Å²) < 4.78 is 38.1. The summed E-state index contributed by atoms with van der Waals surface area (Å²) in [5, 5.41) is 20.9. The molecule has 1 aromatic rings. The predicted molar refractivity (Wildman–Crippen MR) is 59.8 cm³/mol. The zero-order valence-electron chi connectivity index (χ0n) is 9.31. The number of nitrogens with one attached hydrogen (secondary N) is 1. The van der Waals surface area contributed by atoms with Gasteiger partial charge < -0.3 is 5.73 Å². The van der Waals surface area contributed by atoms with E-state index < -0.39 is 11.7 Å². The molecule has 0 amide bonds. The number of nitrogens with two attached hydrogens (primary N) is 1. The van der Waals surface area contributed by atoms with E-state index in [9.17, 15) is 13.2 Å². The van der Waals surface area contributed by atoms with Crippen LogP contribution in [0.2, 0.25) is 0 Å². The number of nitrogens with zero attached hydrogens (tertiary/aromatic N) is 4. The third-order valence-corrected chi connectivity index (χ3v) is 2.19. The molecule has 1 aromatic carbocycles. The highest BCUT2D eigenvalue weighted by molar-refractivity contribution is 5.97. The molecule has 0 saturated heterocycles. The largest absolute Gasteiger partial charge is 0.418 e. The Morgan fingerprint density at radius 2 is 1.79 bits per heavy atom. The third kappa shape index (κ3) is 2.64. The van der Waals surface area contributed by atoms with Crippen molar-refractivity contribution in [3.05, 3.63) is 41.3 Å². The highest BCUT2D eigenvalue weighted by atomic mass is 19.4. The van der Waals surface area contributed by atoms with Crippen LogP contribution in [0.1, 0.15) is 5.56 Å². The van der Waals surface area contributed by atoms with Gasteiger partial charge in [0.05, 0.1) is 11.3 Å². The monoisotopic (exact) mass is 268 g/mol. The van der Waals surface area contributed by atoms with E-state index in [1.807, 2.05) is 0 Å². The van der Waals surface area contributed by atoms with E-state index >= 15 is 0 Å². The summed E-state index contributed by atoms with van der Waals surface area (Å²) in [5.74, 6) is -0.496. The number of alkyl halides is 3. The van der Waals surface area contributed by atoms with Crippen molar-refractivity contribution in [1.82, 2.24) is 0 Å². The number of amidine groups is 1. The molecule has 0 saturated carbocycles. The summed E-state index contributed by atoms with van der Waals surface area (Å²) >= 11 is 0. The second kappa shape index (κ2) is 4.59. The normalized spacial score (nSPS) is 15.8. The van der Waals surface area contributed by atoms with E-state index in [1.165, 1.54) is 12.1 Å². The molecule has 0 aliphatic carbocycles. The lowest BCUT2D eigenvalue weighted by Gasteiger charge is -2.08. The fraction of sp³-hybridized carbons (Fsp3) is 0.100. The van der Waals surface area contributed by atoms with Gasteiger partial charge in [-0.25, -0.2) is 0 Å². The summed E-state index contributed by atoms with van der Waals surface area (Å²) in [6, 6.07) is 4.70. The van der Waals surface area contributed by atoms with Gasteiger partial charge in [0.1, 0.15) is 0 Å². The molecule has 19 heavy (non-hydrogen) atoms. The molecule has 1 aliphatic rings. The minimum atomic E-state index is -4.53. The zero-order chi connectivity index (χ0) is 14.0. The third-order valence-electron chi connectivity index (χ3n) is 2.19. The molecule has 98 valence electrons. The van der Waals surface area contributed by atoms with Crippen LogP contribution in [0.15, 0.2) is 56.2 Å². The molecule has 6 nitrogen and oxygen atoms in total. The lowest BCUT2D eigenvalue weighted by Crippen LogP contribution is -2.04. The summed E-state index contributed by atoms with van der Waals surface area (Å²) in [6.07, 6.45) is -4.53. The van der Waals surface area contributed by atoms with Crippen molar-refractivity contribution in [1.29, 1.82) is 5.41 Å². The maximum Gasteiger partial charge on any atom is 0.418 e. The van der Waals surface area contributed by atoms with Crippen LogP contribution >= 0.6 is 0 Å². The Morgan fingerprint density at radius 3 is 2.37 bits per heavy atom. The van der Waals surface area contributed by atoms with Gasteiger partial charge in [-0.3, -0.25) is 5.41 Å². The van der Waals surface area contributed by atoms with Crippen LogP contribution in [0.3, 0.4) is 0 Å². The van der Waals surface area contributed by atoms with E-state index in [2.05, 4.69) is 20.5 Å². The van der Waals surface area contributed by atoms with Crippen molar-refractivity contribution < 1.29 is 13.2 Å². The van der Waals surface area contributed by atoms with Gasteiger partial charge in [-0.2, -0.15) is 13.2 Å². The predicted octanol–water partition coefficient (Wildman–Crippen LogP) is 3.36. The quantitative estimate of drug-likeness (QED) is 0.789. The lowest BCUT2D eigenvalue weighted by molar-refractivity contribution is -0.137. The maximum absolute atomic E-state index is 12.7. The molecule has 0 spiro atoms. The summed E-state index contributed by atoms with van der Waals surface area (Å²) in [6.45, 7) is 0. The Morgan fingerprint density at radius 1 is 1.11 bits per heavy atom. The van der Waals surface area contributed by atoms with Gasteiger partial charge in [0, 0.05) is 0 Å². The molecule has 0 atom stereocenters. The van der Waals surface area contributed by atoms with Crippen LogP contribution in [0.5, 0.6) is 0 Å². The Hall–Kier alpha value is -2.58. The van der Waals surface area contributed by atoms with Crippen molar-refractivity contribution in [2.45, 2.75) is 6.18 Å². The van der Waals surface area contributed by atoms with E-state index in [1.54, 1.807) is 0 Å². The van der Waals surface area contributed by atoms with Crippen LogP contribution < -0.4 is 5.73 Å². The van der Waals surface area contributed by atoms with Crippen molar-refractivity contribution in [2.75, 3.05) is 0 Å². The summed E-state index contributed by atoms with van der Waals surface area (Å²) in [5.41, 5.74) is 3.92. The topological polar surface area (TPSA) is 99.3 Å². The minimum Gasteiger partial charge on any atom is -0.380 e. The smallest absolute Gasteiger partial charge is 0.380 e. The number of hydrogen-bond acceptors (Lipinski definition) is 5. The average Bonchev–Trinajstić information content (AvgIpc) is 2.66. The highest BCUT2D eigenvalue weighted by Gasteiger charge is 2.33. The Balaban J connectivity index is 2.36. The molecule has 0 unspecified atom stereocenters. The molecular formula is C10H7F3N6. The van der Waals surface area contributed by atoms with Crippen LogP contribution in [0, 0.1) is 5.41 Å². The zero-order valence-corrected chi connectivity index (χ0v) is 9.31. The molecule has 9 heteroatoms. The van der Waals surface area contributed by atoms with Crippen molar-refractivity contribution in [3.63, 3.8) is 0 Å². The first-order chi connectivity index (χ1) is 8.89. The molecule has 0 fully saturated rings. The van der Waals surface area contributed by atoms with Gasteiger partial charge in [-0.05, 0) is 12.1 Å². The number of azo groups is 2. The maximum atomic E-state index is 12.7. The Kier molecular flexibility index (Phi) is 3.11. The first-order valence-electron chi connectivity index (χ1n) is 4.98. The second-order valence-corrected chi connectivity index (χ2v) is 3.50. The number of rotatable bonds is 2. The number of hydrogen-bond donors (Lipinski definition) is 2. The van der Waals surface area contributed by atoms with Gasteiger partial charge >= 0.3 is 6.18 Å². The van der Waals surface area contributed by atoms with Gasteiger partial charge in [0.25, 0.3) is 0 Å². The average molecular weight is 268 g/mol. The van der Waals surface area contributed by atoms with Crippen LogP contribution in [-0.2, 0) is 6.18 Å². The van der Waals surface area contributed by atoms with Crippen LogP contribution in [0.4, 0.5) is 18.9 Å². The SMILES string of the molecule is N=C1N=NC(N)=C1N=Nc1ccccc1C(F)(F)F. The molecule has 0 aromatic heterocycles. The Labute approximate surface area is 105 Å².